The van der Waals surface area contributed by atoms with Crippen molar-refractivity contribution in [3.8, 4) is 11.6 Å². The molecule has 3 aromatic rings. The van der Waals surface area contributed by atoms with Crippen LogP contribution in [0.1, 0.15) is 27.0 Å². The Balaban J connectivity index is 0.000000273. The van der Waals surface area contributed by atoms with E-state index in [1.54, 1.807) is 0 Å². The summed E-state index contributed by atoms with van der Waals surface area (Å²) in [5.74, 6) is -2.21. The molecule has 1 heterocycles. The predicted octanol–water partition coefficient (Wildman–Crippen LogP) is 4.95. The Morgan fingerprint density at radius 1 is 1.00 bits per heavy atom. The molecule has 0 aliphatic heterocycles. The van der Waals surface area contributed by atoms with Crippen molar-refractivity contribution >= 4 is 15.8 Å². The molecule has 206 valence electrons. The number of sulfone groups is 1. The van der Waals surface area contributed by atoms with E-state index in [1.807, 2.05) is 0 Å². The number of ether oxygens (including phenoxy) is 1. The zero-order valence-electron chi connectivity index (χ0n) is 19.4. The number of nitrogens with zero attached hydrogens (tertiary/aromatic N) is 2. The molecule has 0 aliphatic rings. The van der Waals surface area contributed by atoms with Crippen molar-refractivity contribution in [1.82, 2.24) is 15.3 Å². The maximum atomic E-state index is 12.8. The highest BCUT2D eigenvalue weighted by Crippen LogP contribution is 2.36. The topological polar surface area (TPSA) is 118 Å². The van der Waals surface area contributed by atoms with Gasteiger partial charge in [-0.05, 0) is 55.1 Å². The van der Waals surface area contributed by atoms with Crippen LogP contribution in [0, 0.1) is 5.82 Å². The van der Waals surface area contributed by atoms with Crippen molar-refractivity contribution in [2.45, 2.75) is 24.1 Å². The molecule has 1 aromatic heterocycles. The number of carbonyl (C=O) groups is 1. The van der Waals surface area contributed by atoms with E-state index in [2.05, 4.69) is 15.3 Å². The van der Waals surface area contributed by atoms with Gasteiger partial charge in [0, 0.05) is 12.8 Å². The summed E-state index contributed by atoms with van der Waals surface area (Å²) in [7, 11) is -2.28. The van der Waals surface area contributed by atoms with E-state index in [4.69, 9.17) is 9.84 Å². The van der Waals surface area contributed by atoms with Gasteiger partial charge in [-0.1, -0.05) is 0 Å². The second kappa shape index (κ2) is 11.7. The third kappa shape index (κ3) is 8.65. The highest BCUT2D eigenvalue weighted by molar-refractivity contribution is 7.90. The van der Waals surface area contributed by atoms with Crippen LogP contribution in [0.4, 0.5) is 30.7 Å². The number of alkyl halides is 6. The molecule has 0 saturated heterocycles. The summed E-state index contributed by atoms with van der Waals surface area (Å²) >= 11 is 0. The van der Waals surface area contributed by atoms with Crippen molar-refractivity contribution in [1.29, 1.82) is 0 Å². The first-order chi connectivity index (χ1) is 17.4. The minimum atomic E-state index is -4.79. The van der Waals surface area contributed by atoms with Gasteiger partial charge in [0.05, 0.1) is 17.3 Å². The third-order valence-corrected chi connectivity index (χ3v) is 5.21. The smallest absolute Gasteiger partial charge is 0.416 e. The van der Waals surface area contributed by atoms with Gasteiger partial charge < -0.3 is 15.2 Å². The summed E-state index contributed by atoms with van der Waals surface area (Å²) < 4.78 is 115. The number of carboxylic acid groups (broad SMARTS) is 1. The molecule has 3 rings (SSSR count). The van der Waals surface area contributed by atoms with Crippen molar-refractivity contribution < 1.29 is 53.8 Å². The highest BCUT2D eigenvalue weighted by atomic mass is 32.2. The zero-order chi connectivity index (χ0) is 28.9. The second-order valence-electron chi connectivity index (χ2n) is 7.45. The average molecular weight is 569 g/mol. The van der Waals surface area contributed by atoms with Gasteiger partial charge in [-0.25, -0.2) is 22.6 Å². The number of halogens is 7. The summed E-state index contributed by atoms with van der Waals surface area (Å²) in [6.45, 7) is -0.0625. The average Bonchev–Trinajstić information content (AvgIpc) is 2.79. The lowest BCUT2D eigenvalue weighted by Gasteiger charge is -2.13. The van der Waals surface area contributed by atoms with E-state index < -0.39 is 61.7 Å². The van der Waals surface area contributed by atoms with E-state index in [1.165, 1.54) is 19.2 Å². The number of hydrogen-bond donors (Lipinski definition) is 2. The van der Waals surface area contributed by atoms with Gasteiger partial charge in [-0.15, -0.1) is 0 Å². The van der Waals surface area contributed by atoms with Gasteiger partial charge in [0.25, 0.3) is 0 Å². The summed E-state index contributed by atoms with van der Waals surface area (Å²) in [6, 6.07) is 6.23. The van der Waals surface area contributed by atoms with Crippen LogP contribution in [-0.2, 0) is 28.7 Å². The number of nitrogens with one attached hydrogen (secondary N) is 1. The summed E-state index contributed by atoms with van der Waals surface area (Å²) in [5.41, 5.74) is -3.06. The monoisotopic (exact) mass is 569 g/mol. The van der Waals surface area contributed by atoms with Crippen LogP contribution in [0.3, 0.4) is 0 Å². The fourth-order valence-electron chi connectivity index (χ4n) is 2.69. The molecule has 0 saturated carbocycles. The second-order valence-corrected chi connectivity index (χ2v) is 9.36. The molecule has 8 nitrogen and oxygen atoms in total. The maximum Gasteiger partial charge on any atom is 0.416 e. The molecular formula is C22H18F7N3O5S. The largest absolute Gasteiger partial charge is 0.477 e. The molecule has 2 N–H and O–H groups in total. The van der Waals surface area contributed by atoms with Crippen LogP contribution in [0.25, 0.3) is 0 Å². The Morgan fingerprint density at radius 2 is 1.53 bits per heavy atom. The van der Waals surface area contributed by atoms with Crippen LogP contribution in [0.15, 0.2) is 53.8 Å². The van der Waals surface area contributed by atoms with Crippen LogP contribution >= 0.6 is 0 Å². The van der Waals surface area contributed by atoms with Crippen molar-refractivity contribution in [3.05, 3.63) is 76.7 Å². The number of aromatic nitrogens is 2. The first kappa shape index (κ1) is 30.4. The SMILES string of the molecule is CNCc1cc(C(F)(F)F)cc(C(F)(F)F)c1.CS(=O)(=O)c1ncc(C(=O)O)c(Oc2ccc(F)cc2)n1. The Bertz CT molecular complexity index is 1360. The number of hydrogen-bond acceptors (Lipinski definition) is 7. The fraction of sp³-hybridized carbons (Fsp3) is 0.227. The summed E-state index contributed by atoms with van der Waals surface area (Å²) in [4.78, 5) is 18.1. The molecule has 0 amide bonds. The van der Waals surface area contributed by atoms with E-state index in [-0.39, 0.29) is 23.9 Å². The van der Waals surface area contributed by atoms with Gasteiger partial charge >= 0.3 is 18.3 Å². The maximum absolute atomic E-state index is 12.8. The van der Waals surface area contributed by atoms with Crippen LogP contribution in [0.5, 0.6) is 11.6 Å². The van der Waals surface area contributed by atoms with Crippen molar-refractivity contribution in [2.75, 3.05) is 13.3 Å². The van der Waals surface area contributed by atoms with Gasteiger partial charge in [-0.2, -0.15) is 31.3 Å². The van der Waals surface area contributed by atoms with E-state index in [9.17, 15) is 43.9 Å². The van der Waals surface area contributed by atoms with Crippen LogP contribution < -0.4 is 10.1 Å². The minimum absolute atomic E-state index is 0.0605. The molecule has 0 unspecified atom stereocenters. The molecule has 0 aliphatic carbocycles. The van der Waals surface area contributed by atoms with Gasteiger partial charge in [-0.3, -0.25) is 0 Å². The molecule has 0 spiro atoms. The summed E-state index contributed by atoms with van der Waals surface area (Å²) in [5, 5.41) is 11.0. The quantitative estimate of drug-likeness (QED) is 0.316. The molecular weight excluding hydrogens is 551 g/mol. The Morgan fingerprint density at radius 3 is 1.95 bits per heavy atom. The van der Waals surface area contributed by atoms with Crippen molar-refractivity contribution in [3.63, 3.8) is 0 Å². The third-order valence-electron chi connectivity index (χ3n) is 4.35. The van der Waals surface area contributed by atoms with E-state index in [0.717, 1.165) is 24.6 Å². The normalized spacial score (nSPS) is 11.9. The zero-order valence-corrected chi connectivity index (χ0v) is 20.2. The van der Waals surface area contributed by atoms with Crippen LogP contribution in [-0.4, -0.2) is 42.8 Å². The van der Waals surface area contributed by atoms with Gasteiger partial charge in [0.15, 0.2) is 0 Å². The first-order valence-corrected chi connectivity index (χ1v) is 12.0. The molecule has 38 heavy (non-hydrogen) atoms. The molecule has 0 atom stereocenters. The molecule has 2 aromatic carbocycles. The molecule has 16 heteroatoms. The van der Waals surface area contributed by atoms with Crippen LogP contribution in [0.2, 0.25) is 0 Å². The molecule has 0 fully saturated rings. The number of aromatic carboxylic acids is 1. The lowest BCUT2D eigenvalue weighted by atomic mass is 10.0. The number of carboxylic acids is 1. The number of rotatable bonds is 6. The van der Waals surface area contributed by atoms with Gasteiger partial charge in [0.2, 0.25) is 20.9 Å². The van der Waals surface area contributed by atoms with E-state index in [0.29, 0.717) is 12.1 Å². The lowest BCUT2D eigenvalue weighted by molar-refractivity contribution is -0.143. The summed E-state index contributed by atoms with van der Waals surface area (Å²) in [6.07, 6.45) is -7.86. The first-order valence-electron chi connectivity index (χ1n) is 10.1. The number of benzene rings is 2. The lowest BCUT2D eigenvalue weighted by Crippen LogP contribution is -2.14. The Labute approximate surface area is 211 Å². The van der Waals surface area contributed by atoms with Crippen molar-refractivity contribution in [2.24, 2.45) is 0 Å². The van der Waals surface area contributed by atoms with E-state index >= 15 is 0 Å². The standard InChI is InChI=1S/C12H9FN2O5S.C10H9F6N/c1-21(18,19)12-14-6-9(11(16)17)10(15-12)20-8-4-2-7(13)3-5-8;1-17-5-6-2-7(9(11,12)13)4-8(3-6)10(14,15)16/h2-6H,1H3,(H,16,17);2-4,17H,5H2,1H3. The van der Waals surface area contributed by atoms with Gasteiger partial charge in [0.1, 0.15) is 17.1 Å². The fourth-order valence-corrected chi connectivity index (χ4v) is 3.19. The Kier molecular flexibility index (Phi) is 9.39. The predicted molar refractivity (Wildman–Crippen MR) is 118 cm³/mol. The Hall–Kier alpha value is -3.79. The molecule has 0 bridgehead atoms. The molecule has 0 radical (unpaired) electrons. The highest BCUT2D eigenvalue weighted by Gasteiger charge is 2.36. The minimum Gasteiger partial charge on any atom is -0.477 e.